The Morgan fingerprint density at radius 1 is 1.04 bits per heavy atom. The summed E-state index contributed by atoms with van der Waals surface area (Å²) in [6.07, 6.45) is 0. The van der Waals surface area contributed by atoms with Crippen molar-refractivity contribution >= 4 is 17.7 Å². The van der Waals surface area contributed by atoms with Gasteiger partial charge in [-0.15, -0.1) is 10.2 Å². The number of carbonyl (C=O) groups is 1. The van der Waals surface area contributed by atoms with Gasteiger partial charge in [0.05, 0.1) is 19.8 Å². The van der Waals surface area contributed by atoms with Crippen LogP contribution in [0.1, 0.15) is 10.4 Å². The number of hydrogen-bond donors (Lipinski definition) is 0. The standard InChI is InChI=1S/C19H18N2O5S/c1-23-15-10-14(11-16(12-15)24-2)17-20-21-19(26-17)27-9-8-25-18(22)13-6-4-3-5-7-13/h3-7,10-12H,8-9H2,1-2H3. The summed E-state index contributed by atoms with van der Waals surface area (Å²) in [7, 11) is 3.15. The van der Waals surface area contributed by atoms with E-state index in [1.807, 2.05) is 6.07 Å². The van der Waals surface area contributed by atoms with Crippen molar-refractivity contribution in [2.45, 2.75) is 5.22 Å². The molecule has 0 spiro atoms. The van der Waals surface area contributed by atoms with E-state index >= 15 is 0 Å². The van der Waals surface area contributed by atoms with Crippen LogP contribution in [-0.2, 0) is 4.74 Å². The molecule has 0 aliphatic heterocycles. The molecule has 0 bridgehead atoms. The fourth-order valence-electron chi connectivity index (χ4n) is 2.24. The van der Waals surface area contributed by atoms with Crippen molar-refractivity contribution in [3.8, 4) is 23.0 Å². The van der Waals surface area contributed by atoms with Gasteiger partial charge in [0, 0.05) is 17.4 Å². The van der Waals surface area contributed by atoms with Gasteiger partial charge in [-0.25, -0.2) is 4.79 Å². The lowest BCUT2D eigenvalue weighted by atomic mass is 10.2. The third-order valence-corrected chi connectivity index (χ3v) is 4.34. The van der Waals surface area contributed by atoms with Crippen LogP contribution >= 0.6 is 11.8 Å². The Morgan fingerprint density at radius 3 is 2.41 bits per heavy atom. The Kier molecular flexibility index (Phi) is 6.32. The topological polar surface area (TPSA) is 83.7 Å². The molecule has 0 unspecified atom stereocenters. The highest BCUT2D eigenvalue weighted by molar-refractivity contribution is 7.99. The molecule has 1 heterocycles. The van der Waals surface area contributed by atoms with E-state index in [4.69, 9.17) is 18.6 Å². The summed E-state index contributed by atoms with van der Waals surface area (Å²) in [6, 6.07) is 14.2. The summed E-state index contributed by atoms with van der Waals surface area (Å²) in [4.78, 5) is 11.9. The van der Waals surface area contributed by atoms with Gasteiger partial charge >= 0.3 is 5.97 Å². The van der Waals surface area contributed by atoms with Gasteiger partial charge in [0.1, 0.15) is 18.1 Å². The zero-order chi connectivity index (χ0) is 19.1. The molecule has 0 saturated carbocycles. The van der Waals surface area contributed by atoms with E-state index in [0.717, 1.165) is 0 Å². The van der Waals surface area contributed by atoms with Crippen LogP contribution in [0.25, 0.3) is 11.5 Å². The van der Waals surface area contributed by atoms with Crippen LogP contribution in [0.2, 0.25) is 0 Å². The van der Waals surface area contributed by atoms with Gasteiger partial charge in [0.15, 0.2) is 0 Å². The smallest absolute Gasteiger partial charge is 0.338 e. The number of hydrogen-bond acceptors (Lipinski definition) is 8. The Hall–Kier alpha value is -3.00. The largest absolute Gasteiger partial charge is 0.497 e. The molecular formula is C19H18N2O5S. The molecule has 2 aromatic carbocycles. The van der Waals surface area contributed by atoms with Gasteiger partial charge < -0.3 is 18.6 Å². The fourth-order valence-corrected chi connectivity index (χ4v) is 2.81. The molecule has 0 saturated heterocycles. The Bertz CT molecular complexity index is 876. The number of esters is 1. The average Bonchev–Trinajstić information content (AvgIpc) is 3.20. The van der Waals surface area contributed by atoms with Gasteiger partial charge in [-0.05, 0) is 24.3 Å². The second-order valence-corrected chi connectivity index (χ2v) is 6.37. The number of ether oxygens (including phenoxy) is 3. The molecule has 0 aliphatic carbocycles. The van der Waals surface area contributed by atoms with Gasteiger partial charge in [-0.1, -0.05) is 30.0 Å². The number of methoxy groups -OCH3 is 2. The van der Waals surface area contributed by atoms with Crippen LogP contribution < -0.4 is 9.47 Å². The van der Waals surface area contributed by atoms with Crippen molar-refractivity contribution in [1.82, 2.24) is 10.2 Å². The first kappa shape index (κ1) is 18.8. The van der Waals surface area contributed by atoms with E-state index in [2.05, 4.69) is 10.2 Å². The van der Waals surface area contributed by atoms with Gasteiger partial charge in [-0.3, -0.25) is 0 Å². The summed E-state index contributed by atoms with van der Waals surface area (Å²) in [5, 5.41) is 8.44. The molecule has 0 amide bonds. The van der Waals surface area contributed by atoms with E-state index in [0.29, 0.717) is 39.5 Å². The highest BCUT2D eigenvalue weighted by atomic mass is 32.2. The number of rotatable bonds is 8. The first-order valence-corrected chi connectivity index (χ1v) is 9.10. The van der Waals surface area contributed by atoms with Crippen molar-refractivity contribution in [3.63, 3.8) is 0 Å². The number of nitrogens with zero attached hydrogens (tertiary/aromatic N) is 2. The Balaban J connectivity index is 1.55. The molecule has 0 aliphatic rings. The number of thioether (sulfide) groups is 1. The third kappa shape index (κ3) is 5.01. The molecule has 8 heteroatoms. The first-order chi connectivity index (χ1) is 13.2. The van der Waals surface area contributed by atoms with E-state index < -0.39 is 0 Å². The van der Waals surface area contributed by atoms with E-state index in [1.165, 1.54) is 11.8 Å². The zero-order valence-corrected chi connectivity index (χ0v) is 15.7. The normalized spacial score (nSPS) is 10.4. The lowest BCUT2D eigenvalue weighted by molar-refractivity contribution is 0.0530. The molecule has 27 heavy (non-hydrogen) atoms. The summed E-state index contributed by atoms with van der Waals surface area (Å²) in [5.74, 6) is 1.76. The minimum atomic E-state index is -0.356. The van der Waals surface area contributed by atoms with Crippen LogP contribution in [0.5, 0.6) is 11.5 Å². The van der Waals surface area contributed by atoms with Crippen LogP contribution in [0, 0.1) is 0 Å². The molecule has 0 radical (unpaired) electrons. The maximum absolute atomic E-state index is 11.9. The quantitative estimate of drug-likeness (QED) is 0.329. The minimum absolute atomic E-state index is 0.239. The minimum Gasteiger partial charge on any atom is -0.497 e. The molecule has 3 rings (SSSR count). The van der Waals surface area contributed by atoms with Crippen molar-refractivity contribution in [2.75, 3.05) is 26.6 Å². The van der Waals surface area contributed by atoms with E-state index in [1.54, 1.807) is 56.7 Å². The van der Waals surface area contributed by atoms with Crippen molar-refractivity contribution in [3.05, 3.63) is 54.1 Å². The predicted molar refractivity (Wildman–Crippen MR) is 100 cm³/mol. The molecule has 0 atom stereocenters. The number of carbonyl (C=O) groups excluding carboxylic acids is 1. The zero-order valence-electron chi connectivity index (χ0n) is 14.9. The van der Waals surface area contributed by atoms with Gasteiger partial charge in [-0.2, -0.15) is 0 Å². The van der Waals surface area contributed by atoms with Crippen molar-refractivity contribution < 1.29 is 23.4 Å². The number of aromatic nitrogens is 2. The highest BCUT2D eigenvalue weighted by Gasteiger charge is 2.12. The molecule has 1 aromatic heterocycles. The lowest BCUT2D eigenvalue weighted by Gasteiger charge is -2.05. The van der Waals surface area contributed by atoms with Crippen LogP contribution in [0.15, 0.2) is 58.2 Å². The summed E-state index contributed by atoms with van der Waals surface area (Å²) in [5.41, 5.74) is 1.22. The molecule has 140 valence electrons. The predicted octanol–water partition coefficient (Wildman–Crippen LogP) is 3.70. The van der Waals surface area contributed by atoms with Crippen LogP contribution in [0.3, 0.4) is 0 Å². The van der Waals surface area contributed by atoms with E-state index in [9.17, 15) is 4.79 Å². The SMILES string of the molecule is COc1cc(OC)cc(-c2nnc(SCCOC(=O)c3ccccc3)o2)c1. The molecule has 0 N–H and O–H groups in total. The highest BCUT2D eigenvalue weighted by Crippen LogP contribution is 2.30. The summed E-state index contributed by atoms with van der Waals surface area (Å²) in [6.45, 7) is 0.239. The summed E-state index contributed by atoms with van der Waals surface area (Å²) >= 11 is 1.31. The third-order valence-electron chi connectivity index (χ3n) is 3.56. The van der Waals surface area contributed by atoms with Crippen LogP contribution in [-0.4, -0.2) is 42.7 Å². The first-order valence-electron chi connectivity index (χ1n) is 8.11. The second-order valence-electron chi connectivity index (χ2n) is 5.32. The molecule has 0 fully saturated rings. The monoisotopic (exact) mass is 386 g/mol. The maximum Gasteiger partial charge on any atom is 0.338 e. The van der Waals surface area contributed by atoms with Gasteiger partial charge in [0.25, 0.3) is 5.22 Å². The Labute approximate surface area is 160 Å². The lowest BCUT2D eigenvalue weighted by Crippen LogP contribution is -2.07. The molecule has 7 nitrogen and oxygen atoms in total. The van der Waals surface area contributed by atoms with Gasteiger partial charge in [0.2, 0.25) is 5.89 Å². The van der Waals surface area contributed by atoms with Crippen LogP contribution in [0.4, 0.5) is 0 Å². The van der Waals surface area contributed by atoms with Crippen molar-refractivity contribution in [2.24, 2.45) is 0 Å². The fraction of sp³-hybridized carbons (Fsp3) is 0.211. The number of benzene rings is 2. The van der Waals surface area contributed by atoms with E-state index in [-0.39, 0.29) is 12.6 Å². The molecule has 3 aromatic rings. The van der Waals surface area contributed by atoms with Crippen molar-refractivity contribution in [1.29, 1.82) is 0 Å². The molecular weight excluding hydrogens is 368 g/mol. The Morgan fingerprint density at radius 2 is 1.74 bits per heavy atom. The second kappa shape index (κ2) is 9.09. The summed E-state index contributed by atoms with van der Waals surface area (Å²) < 4.78 is 21.3. The average molecular weight is 386 g/mol. The maximum atomic E-state index is 11.9.